The lowest BCUT2D eigenvalue weighted by molar-refractivity contribution is -0.111. The van der Waals surface area contributed by atoms with E-state index < -0.39 is 12.2 Å². The number of amides is 2. The number of para-hydroxylation sites is 2. The SMILES string of the molecule is N#Cc1ccc(NC(=O)O[C@H](CCC/C=C/C(=O)Nc2ccccc2N)c2ccc(OCCO)cc2)cc1. The summed E-state index contributed by atoms with van der Waals surface area (Å²) >= 11 is 0. The highest BCUT2D eigenvalue weighted by molar-refractivity contribution is 6.01. The van der Waals surface area contributed by atoms with Crippen molar-refractivity contribution in [2.24, 2.45) is 0 Å². The zero-order chi connectivity index (χ0) is 27.2. The molecule has 0 spiro atoms. The first kappa shape index (κ1) is 27.8. The minimum Gasteiger partial charge on any atom is -0.491 e. The fraction of sp³-hybridized carbons (Fsp3) is 0.207. The summed E-state index contributed by atoms with van der Waals surface area (Å²) in [5.41, 5.74) is 8.66. The van der Waals surface area contributed by atoms with Crippen LogP contribution in [0.1, 0.15) is 36.5 Å². The largest absolute Gasteiger partial charge is 0.491 e. The van der Waals surface area contributed by atoms with E-state index in [2.05, 4.69) is 10.6 Å². The van der Waals surface area contributed by atoms with Crippen molar-refractivity contribution in [1.82, 2.24) is 0 Å². The average molecular weight is 515 g/mol. The topological polar surface area (TPSA) is 147 Å². The number of allylic oxidation sites excluding steroid dienone is 1. The van der Waals surface area contributed by atoms with Gasteiger partial charge in [-0.1, -0.05) is 30.3 Å². The van der Waals surface area contributed by atoms with Crippen LogP contribution in [0.15, 0.2) is 84.9 Å². The number of carbonyl (C=O) groups excluding carboxylic acids is 2. The van der Waals surface area contributed by atoms with E-state index in [1.165, 1.54) is 6.08 Å². The zero-order valence-corrected chi connectivity index (χ0v) is 20.8. The lowest BCUT2D eigenvalue weighted by atomic mass is 10.0. The van der Waals surface area contributed by atoms with Gasteiger partial charge in [-0.3, -0.25) is 10.1 Å². The number of nitrogens with zero attached hydrogens (tertiary/aromatic N) is 1. The Hall–Kier alpha value is -4.81. The molecule has 9 heteroatoms. The third-order valence-corrected chi connectivity index (χ3v) is 5.45. The standard InChI is InChI=1S/C29H30N4O5/c30-20-21-10-14-23(15-11-21)32-29(36)38-27(22-12-16-24(17-13-22)37-19-18-34)8-2-1-3-9-28(35)33-26-7-5-4-6-25(26)31/h3-7,9-17,27,34H,1-2,8,18-19,31H2,(H,32,36)(H,33,35)/b9-3+/t27-/m1/s1. The smallest absolute Gasteiger partial charge is 0.412 e. The number of rotatable bonds is 12. The Morgan fingerprint density at radius 1 is 1.03 bits per heavy atom. The predicted octanol–water partition coefficient (Wildman–Crippen LogP) is 5.17. The molecule has 0 radical (unpaired) electrons. The van der Waals surface area contributed by atoms with Crippen LogP contribution < -0.4 is 21.1 Å². The normalized spacial score (nSPS) is 11.4. The Labute approximate surface area is 221 Å². The van der Waals surface area contributed by atoms with E-state index in [4.69, 9.17) is 25.6 Å². The van der Waals surface area contributed by atoms with Crippen LogP contribution in [-0.2, 0) is 9.53 Å². The highest BCUT2D eigenvalue weighted by atomic mass is 16.6. The molecule has 2 amide bonds. The Morgan fingerprint density at radius 3 is 2.45 bits per heavy atom. The maximum atomic E-state index is 12.6. The van der Waals surface area contributed by atoms with Crippen LogP contribution in [0.5, 0.6) is 5.75 Å². The second-order valence-corrected chi connectivity index (χ2v) is 8.26. The van der Waals surface area contributed by atoms with E-state index >= 15 is 0 Å². The summed E-state index contributed by atoms with van der Waals surface area (Å²) in [6.45, 7) is 0.0936. The van der Waals surface area contributed by atoms with Crippen molar-refractivity contribution in [2.75, 3.05) is 29.6 Å². The van der Waals surface area contributed by atoms with Gasteiger partial charge in [0.1, 0.15) is 18.5 Å². The van der Waals surface area contributed by atoms with Crippen molar-refractivity contribution < 1.29 is 24.2 Å². The van der Waals surface area contributed by atoms with Crippen molar-refractivity contribution in [3.8, 4) is 11.8 Å². The molecule has 0 aliphatic heterocycles. The molecular weight excluding hydrogens is 484 g/mol. The van der Waals surface area contributed by atoms with Gasteiger partial charge in [0.2, 0.25) is 5.91 Å². The van der Waals surface area contributed by atoms with E-state index in [9.17, 15) is 9.59 Å². The number of unbranched alkanes of at least 4 members (excludes halogenated alkanes) is 1. The average Bonchev–Trinajstić information content (AvgIpc) is 2.93. The van der Waals surface area contributed by atoms with Crippen LogP contribution in [-0.4, -0.2) is 30.3 Å². The Balaban J connectivity index is 1.58. The van der Waals surface area contributed by atoms with E-state index in [1.54, 1.807) is 78.9 Å². The number of nitrogen functional groups attached to an aromatic ring is 1. The van der Waals surface area contributed by atoms with Gasteiger partial charge >= 0.3 is 6.09 Å². The molecular formula is C29H30N4O5. The first-order valence-corrected chi connectivity index (χ1v) is 12.1. The number of aliphatic hydroxyl groups is 1. The first-order chi connectivity index (χ1) is 18.5. The molecule has 0 aliphatic rings. The van der Waals surface area contributed by atoms with Crippen LogP contribution in [0.25, 0.3) is 0 Å². The molecule has 5 N–H and O–H groups in total. The minimum absolute atomic E-state index is 0.0900. The molecule has 0 saturated carbocycles. The number of aliphatic hydroxyl groups excluding tert-OH is 1. The van der Waals surface area contributed by atoms with Gasteiger partial charge in [0.25, 0.3) is 0 Å². The fourth-order valence-corrected chi connectivity index (χ4v) is 3.54. The Kier molecular flexibility index (Phi) is 10.7. The van der Waals surface area contributed by atoms with Crippen molar-refractivity contribution in [3.63, 3.8) is 0 Å². The summed E-state index contributed by atoms with van der Waals surface area (Å²) < 4.78 is 11.1. The van der Waals surface area contributed by atoms with Gasteiger partial charge in [-0.25, -0.2) is 4.79 Å². The van der Waals surface area contributed by atoms with Crippen LogP contribution in [0.2, 0.25) is 0 Å². The van der Waals surface area contributed by atoms with Crippen molar-refractivity contribution in [2.45, 2.75) is 25.4 Å². The zero-order valence-electron chi connectivity index (χ0n) is 20.8. The van der Waals surface area contributed by atoms with Gasteiger partial charge < -0.3 is 25.6 Å². The maximum Gasteiger partial charge on any atom is 0.412 e. The van der Waals surface area contributed by atoms with Crippen LogP contribution in [0.4, 0.5) is 21.9 Å². The molecule has 0 saturated heterocycles. The molecule has 9 nitrogen and oxygen atoms in total. The van der Waals surface area contributed by atoms with Crippen molar-refractivity contribution in [3.05, 3.63) is 96.1 Å². The summed E-state index contributed by atoms with van der Waals surface area (Å²) in [6, 6.07) is 22.6. The van der Waals surface area contributed by atoms with Gasteiger partial charge in [-0.05, 0) is 79.4 Å². The second-order valence-electron chi connectivity index (χ2n) is 8.26. The number of benzene rings is 3. The summed E-state index contributed by atoms with van der Waals surface area (Å²) in [5.74, 6) is 0.313. The van der Waals surface area contributed by atoms with Gasteiger partial charge in [-0.15, -0.1) is 0 Å². The number of ether oxygens (including phenoxy) is 2. The number of carbonyl (C=O) groups is 2. The summed E-state index contributed by atoms with van der Waals surface area (Å²) in [5, 5.41) is 23.3. The molecule has 3 aromatic carbocycles. The second kappa shape index (κ2) is 14.7. The fourth-order valence-electron chi connectivity index (χ4n) is 3.54. The molecule has 0 aliphatic carbocycles. The first-order valence-electron chi connectivity index (χ1n) is 12.1. The Bertz CT molecular complexity index is 1270. The molecule has 3 aromatic rings. The molecule has 1 atom stereocenters. The van der Waals surface area contributed by atoms with Gasteiger partial charge in [0, 0.05) is 5.69 Å². The minimum atomic E-state index is -0.629. The third-order valence-electron chi connectivity index (χ3n) is 5.45. The highest BCUT2D eigenvalue weighted by Gasteiger charge is 2.17. The summed E-state index contributed by atoms with van der Waals surface area (Å²) in [6.07, 6.45) is 3.78. The van der Waals surface area contributed by atoms with Gasteiger partial charge in [0.05, 0.1) is 29.6 Å². The number of nitrogens with one attached hydrogen (secondary N) is 2. The van der Waals surface area contributed by atoms with Gasteiger partial charge in [0.15, 0.2) is 0 Å². The quantitative estimate of drug-likeness (QED) is 0.148. The molecule has 196 valence electrons. The lowest BCUT2D eigenvalue weighted by Crippen LogP contribution is -2.17. The number of nitriles is 1. The third kappa shape index (κ3) is 9.00. The molecule has 0 bridgehead atoms. The number of nitrogens with two attached hydrogens (primary N) is 1. The van der Waals surface area contributed by atoms with E-state index in [0.717, 1.165) is 5.56 Å². The molecule has 0 aromatic heterocycles. The maximum absolute atomic E-state index is 12.6. The molecule has 3 rings (SSSR count). The molecule has 0 unspecified atom stereocenters. The van der Waals surface area contributed by atoms with Crippen molar-refractivity contribution >= 4 is 29.1 Å². The molecule has 0 heterocycles. The number of hydrogen-bond acceptors (Lipinski definition) is 7. The van der Waals surface area contributed by atoms with E-state index in [1.807, 2.05) is 6.07 Å². The summed E-state index contributed by atoms with van der Waals surface area (Å²) in [7, 11) is 0. The molecule has 38 heavy (non-hydrogen) atoms. The van der Waals surface area contributed by atoms with Crippen LogP contribution in [0.3, 0.4) is 0 Å². The lowest BCUT2D eigenvalue weighted by Gasteiger charge is -2.19. The monoisotopic (exact) mass is 514 g/mol. The number of hydrogen-bond donors (Lipinski definition) is 4. The Morgan fingerprint density at radius 2 is 1.76 bits per heavy atom. The van der Waals surface area contributed by atoms with Crippen LogP contribution >= 0.6 is 0 Å². The van der Waals surface area contributed by atoms with Crippen molar-refractivity contribution in [1.29, 1.82) is 5.26 Å². The predicted molar refractivity (Wildman–Crippen MR) is 145 cm³/mol. The molecule has 0 fully saturated rings. The van der Waals surface area contributed by atoms with E-state index in [-0.39, 0.29) is 19.1 Å². The summed E-state index contributed by atoms with van der Waals surface area (Å²) in [4.78, 5) is 24.8. The number of anilines is 3. The van der Waals surface area contributed by atoms with Gasteiger partial charge in [-0.2, -0.15) is 5.26 Å². The highest BCUT2D eigenvalue weighted by Crippen LogP contribution is 2.27. The van der Waals surface area contributed by atoms with Crippen LogP contribution in [0, 0.1) is 11.3 Å². The van der Waals surface area contributed by atoms with E-state index in [0.29, 0.717) is 47.6 Å².